The van der Waals surface area contributed by atoms with Crippen molar-refractivity contribution >= 4 is 0 Å². The lowest BCUT2D eigenvalue weighted by Gasteiger charge is -2.04. The zero-order valence-corrected chi connectivity index (χ0v) is 9.50. The third-order valence-corrected chi connectivity index (χ3v) is 2.29. The van der Waals surface area contributed by atoms with Crippen molar-refractivity contribution < 1.29 is 0 Å². The molecule has 0 fully saturated rings. The molecule has 0 aliphatic carbocycles. The Morgan fingerprint density at radius 2 is 2.00 bits per heavy atom. The third-order valence-electron chi connectivity index (χ3n) is 2.29. The number of nitrogens with one attached hydrogen (secondary N) is 2. The van der Waals surface area contributed by atoms with Gasteiger partial charge < -0.3 is 10.6 Å². The van der Waals surface area contributed by atoms with Gasteiger partial charge >= 0.3 is 0 Å². The lowest BCUT2D eigenvalue weighted by atomic mass is 10.2. The Bertz CT molecular complexity index is 236. The minimum Gasteiger partial charge on any atom is -0.320 e. The lowest BCUT2D eigenvalue weighted by molar-refractivity contribution is 0.604. The number of nitrogens with zero attached hydrogens (tertiary/aromatic N) is 1. The number of aromatic nitrogens is 1. The zero-order chi connectivity index (χ0) is 10.8. The Balaban J connectivity index is 1.93. The Labute approximate surface area is 92.3 Å². The van der Waals surface area contributed by atoms with Crippen LogP contribution in [0.25, 0.3) is 0 Å². The molecule has 0 spiro atoms. The Morgan fingerprint density at radius 1 is 1.13 bits per heavy atom. The fourth-order valence-electron chi connectivity index (χ4n) is 1.46. The van der Waals surface area contributed by atoms with Gasteiger partial charge in [0.25, 0.3) is 0 Å². The molecule has 0 bridgehead atoms. The Morgan fingerprint density at radius 3 is 2.73 bits per heavy atom. The normalized spacial score (nSPS) is 10.5. The van der Waals surface area contributed by atoms with Gasteiger partial charge in [0.2, 0.25) is 0 Å². The van der Waals surface area contributed by atoms with Gasteiger partial charge in [-0.15, -0.1) is 0 Å². The lowest BCUT2D eigenvalue weighted by Crippen LogP contribution is -2.21. The molecule has 1 aromatic heterocycles. The molecule has 0 aromatic carbocycles. The van der Waals surface area contributed by atoms with Crippen LogP contribution in [0.2, 0.25) is 0 Å². The van der Waals surface area contributed by atoms with Crippen LogP contribution in [-0.4, -0.2) is 31.7 Å². The largest absolute Gasteiger partial charge is 0.320 e. The van der Waals surface area contributed by atoms with Crippen LogP contribution in [0.1, 0.15) is 18.5 Å². The molecule has 2 N–H and O–H groups in total. The molecule has 0 radical (unpaired) electrons. The van der Waals surface area contributed by atoms with E-state index in [1.807, 2.05) is 25.4 Å². The van der Waals surface area contributed by atoms with Crippen molar-refractivity contribution in [2.24, 2.45) is 0 Å². The maximum Gasteiger partial charge on any atom is 0.0404 e. The van der Waals surface area contributed by atoms with Crippen molar-refractivity contribution in [3.05, 3.63) is 30.1 Å². The molecule has 0 unspecified atom stereocenters. The molecule has 3 nitrogen and oxygen atoms in total. The number of hydrogen-bond donors (Lipinski definition) is 2. The van der Waals surface area contributed by atoms with E-state index in [1.165, 1.54) is 12.1 Å². The first-order valence-electron chi connectivity index (χ1n) is 5.68. The van der Waals surface area contributed by atoms with Crippen LogP contribution < -0.4 is 10.6 Å². The molecule has 0 atom stereocenters. The van der Waals surface area contributed by atoms with Crippen molar-refractivity contribution in [2.75, 3.05) is 26.7 Å². The van der Waals surface area contributed by atoms with Crippen LogP contribution in [0, 0.1) is 0 Å². The molecular formula is C12H21N3. The van der Waals surface area contributed by atoms with Gasteiger partial charge in [0, 0.05) is 11.9 Å². The first-order chi connectivity index (χ1) is 7.43. The van der Waals surface area contributed by atoms with E-state index < -0.39 is 0 Å². The molecule has 0 saturated heterocycles. The van der Waals surface area contributed by atoms with Crippen molar-refractivity contribution in [3.8, 4) is 0 Å². The summed E-state index contributed by atoms with van der Waals surface area (Å²) >= 11 is 0. The number of pyridine rings is 1. The standard InChI is InChI=1S/C12H21N3/c1-13-8-5-10-14-9-4-7-12-6-2-3-11-15-12/h2-3,6,11,13-14H,4-5,7-10H2,1H3. The highest BCUT2D eigenvalue weighted by atomic mass is 14.9. The van der Waals surface area contributed by atoms with Crippen LogP contribution in [-0.2, 0) is 6.42 Å². The molecule has 15 heavy (non-hydrogen) atoms. The predicted octanol–water partition coefficient (Wildman–Crippen LogP) is 1.21. The Hall–Kier alpha value is -0.930. The summed E-state index contributed by atoms with van der Waals surface area (Å²) in [6.45, 7) is 3.27. The molecule has 1 aromatic rings. The maximum atomic E-state index is 4.29. The van der Waals surface area contributed by atoms with E-state index in [1.54, 1.807) is 0 Å². The van der Waals surface area contributed by atoms with Gasteiger partial charge in [-0.1, -0.05) is 6.07 Å². The average Bonchev–Trinajstić information content (AvgIpc) is 2.29. The minimum absolute atomic E-state index is 1.07. The van der Waals surface area contributed by atoms with Crippen LogP contribution in [0.5, 0.6) is 0 Å². The second kappa shape index (κ2) is 8.38. The maximum absolute atomic E-state index is 4.29. The molecule has 0 aliphatic rings. The van der Waals surface area contributed by atoms with Crippen molar-refractivity contribution in [3.63, 3.8) is 0 Å². The summed E-state index contributed by atoms with van der Waals surface area (Å²) in [4.78, 5) is 4.29. The predicted molar refractivity (Wildman–Crippen MR) is 64.0 cm³/mol. The van der Waals surface area contributed by atoms with E-state index >= 15 is 0 Å². The van der Waals surface area contributed by atoms with E-state index in [-0.39, 0.29) is 0 Å². The van der Waals surface area contributed by atoms with Gasteiger partial charge in [0.1, 0.15) is 0 Å². The van der Waals surface area contributed by atoms with Gasteiger partial charge in [-0.05, 0) is 58.1 Å². The topological polar surface area (TPSA) is 37.0 Å². The summed E-state index contributed by atoms with van der Waals surface area (Å²) in [6.07, 6.45) is 5.28. The summed E-state index contributed by atoms with van der Waals surface area (Å²) in [6, 6.07) is 6.09. The quantitative estimate of drug-likeness (QED) is 0.629. The fourth-order valence-corrected chi connectivity index (χ4v) is 1.46. The molecular weight excluding hydrogens is 186 g/mol. The van der Waals surface area contributed by atoms with Gasteiger partial charge in [0.15, 0.2) is 0 Å². The van der Waals surface area contributed by atoms with Crippen LogP contribution >= 0.6 is 0 Å². The SMILES string of the molecule is CNCCCNCCCc1ccccn1. The molecule has 0 aliphatic heterocycles. The van der Waals surface area contributed by atoms with E-state index in [2.05, 4.69) is 21.7 Å². The van der Waals surface area contributed by atoms with E-state index in [0.717, 1.165) is 32.5 Å². The molecule has 1 heterocycles. The van der Waals surface area contributed by atoms with Crippen LogP contribution in [0.4, 0.5) is 0 Å². The second-order valence-electron chi connectivity index (χ2n) is 3.63. The highest BCUT2D eigenvalue weighted by Crippen LogP contribution is 1.96. The molecule has 0 saturated carbocycles. The van der Waals surface area contributed by atoms with E-state index in [9.17, 15) is 0 Å². The highest BCUT2D eigenvalue weighted by molar-refractivity contribution is 5.03. The van der Waals surface area contributed by atoms with Crippen LogP contribution in [0.15, 0.2) is 24.4 Å². The van der Waals surface area contributed by atoms with Crippen molar-refractivity contribution in [1.29, 1.82) is 0 Å². The first-order valence-corrected chi connectivity index (χ1v) is 5.68. The number of rotatable bonds is 8. The molecule has 84 valence electrons. The van der Waals surface area contributed by atoms with E-state index in [4.69, 9.17) is 0 Å². The first kappa shape index (κ1) is 12.1. The number of hydrogen-bond acceptors (Lipinski definition) is 3. The summed E-state index contributed by atoms with van der Waals surface area (Å²) in [5.41, 5.74) is 1.19. The molecule has 3 heteroatoms. The van der Waals surface area contributed by atoms with Crippen molar-refractivity contribution in [1.82, 2.24) is 15.6 Å². The summed E-state index contributed by atoms with van der Waals surface area (Å²) in [7, 11) is 1.99. The minimum atomic E-state index is 1.07. The van der Waals surface area contributed by atoms with Gasteiger partial charge in [-0.2, -0.15) is 0 Å². The smallest absolute Gasteiger partial charge is 0.0404 e. The van der Waals surface area contributed by atoms with E-state index in [0.29, 0.717) is 0 Å². The molecule has 0 amide bonds. The van der Waals surface area contributed by atoms with Gasteiger partial charge in [-0.3, -0.25) is 4.98 Å². The number of aryl methyl sites for hydroxylation is 1. The van der Waals surface area contributed by atoms with Gasteiger partial charge in [-0.25, -0.2) is 0 Å². The summed E-state index contributed by atoms with van der Waals surface area (Å²) < 4.78 is 0. The average molecular weight is 207 g/mol. The molecule has 1 rings (SSSR count). The van der Waals surface area contributed by atoms with Crippen LogP contribution in [0.3, 0.4) is 0 Å². The zero-order valence-electron chi connectivity index (χ0n) is 9.50. The summed E-state index contributed by atoms with van der Waals surface area (Å²) in [5.74, 6) is 0. The van der Waals surface area contributed by atoms with Crippen molar-refractivity contribution in [2.45, 2.75) is 19.3 Å². The van der Waals surface area contributed by atoms with Gasteiger partial charge in [0.05, 0.1) is 0 Å². The third kappa shape index (κ3) is 6.20. The second-order valence-corrected chi connectivity index (χ2v) is 3.63. The summed E-state index contributed by atoms with van der Waals surface area (Å²) in [5, 5.41) is 6.56. The highest BCUT2D eigenvalue weighted by Gasteiger charge is 1.92. The fraction of sp³-hybridized carbons (Fsp3) is 0.583. The Kier molecular flexibility index (Phi) is 6.79. The monoisotopic (exact) mass is 207 g/mol.